The van der Waals surface area contributed by atoms with Crippen molar-refractivity contribution in [3.63, 3.8) is 0 Å². The van der Waals surface area contributed by atoms with Gasteiger partial charge in [-0.25, -0.2) is 4.39 Å². The predicted molar refractivity (Wildman–Crippen MR) is 69.3 cm³/mol. The van der Waals surface area contributed by atoms with Gasteiger partial charge in [-0.2, -0.15) is 9.37 Å². The number of halogens is 2. The molecule has 0 saturated heterocycles. The molecule has 0 spiro atoms. The lowest BCUT2D eigenvalue weighted by Gasteiger charge is -2.07. The van der Waals surface area contributed by atoms with Crippen molar-refractivity contribution >= 4 is 11.5 Å². The van der Waals surface area contributed by atoms with Crippen LogP contribution < -0.4 is 10.1 Å². The third-order valence-corrected chi connectivity index (χ3v) is 2.38. The molecule has 110 valence electrons. The Kier molecular flexibility index (Phi) is 4.21. The normalized spacial score (nSPS) is 10.2. The zero-order chi connectivity index (χ0) is 15.4. The number of nitrogens with zero attached hydrogens (tertiary/aromatic N) is 3. The molecular weight excluding hydrogens is 286 g/mol. The molecule has 0 atom stereocenters. The SMILES string of the molecule is CCNc1cncc(Oc2cc(F)c([N+](=O)[O-])cc2F)n1. The maximum atomic E-state index is 13.7. The summed E-state index contributed by atoms with van der Waals surface area (Å²) in [5, 5.41) is 13.4. The van der Waals surface area contributed by atoms with Gasteiger partial charge in [-0.3, -0.25) is 15.1 Å². The average molecular weight is 296 g/mol. The summed E-state index contributed by atoms with van der Waals surface area (Å²) >= 11 is 0. The zero-order valence-corrected chi connectivity index (χ0v) is 10.8. The van der Waals surface area contributed by atoms with Crippen LogP contribution in [-0.2, 0) is 0 Å². The minimum atomic E-state index is -1.20. The van der Waals surface area contributed by atoms with E-state index in [-0.39, 0.29) is 5.88 Å². The van der Waals surface area contributed by atoms with Crippen LogP contribution in [0.1, 0.15) is 6.92 Å². The number of nitrogens with one attached hydrogen (secondary N) is 1. The summed E-state index contributed by atoms with van der Waals surface area (Å²) in [6, 6.07) is 1.04. The fourth-order valence-electron chi connectivity index (χ4n) is 1.51. The molecule has 0 unspecified atom stereocenters. The van der Waals surface area contributed by atoms with Gasteiger partial charge in [0.2, 0.25) is 11.7 Å². The Morgan fingerprint density at radius 2 is 2.10 bits per heavy atom. The molecule has 0 aliphatic heterocycles. The van der Waals surface area contributed by atoms with E-state index in [4.69, 9.17) is 4.74 Å². The highest BCUT2D eigenvalue weighted by molar-refractivity contribution is 5.41. The van der Waals surface area contributed by atoms with Crippen molar-refractivity contribution in [2.45, 2.75) is 6.92 Å². The second-order valence-electron chi connectivity index (χ2n) is 3.87. The molecule has 0 aliphatic rings. The Balaban J connectivity index is 2.29. The van der Waals surface area contributed by atoms with E-state index in [2.05, 4.69) is 15.3 Å². The number of nitro groups is 1. The summed E-state index contributed by atoms with van der Waals surface area (Å²) in [5.41, 5.74) is -0.965. The Morgan fingerprint density at radius 1 is 1.33 bits per heavy atom. The molecule has 0 radical (unpaired) electrons. The highest BCUT2D eigenvalue weighted by atomic mass is 19.1. The van der Waals surface area contributed by atoms with Gasteiger partial charge < -0.3 is 10.1 Å². The first-order chi connectivity index (χ1) is 10.0. The molecule has 0 fully saturated rings. The quantitative estimate of drug-likeness (QED) is 0.674. The third kappa shape index (κ3) is 3.38. The van der Waals surface area contributed by atoms with Crippen molar-refractivity contribution in [3.05, 3.63) is 46.3 Å². The van der Waals surface area contributed by atoms with Crippen LogP contribution in [0.4, 0.5) is 20.3 Å². The number of hydrogen-bond donors (Lipinski definition) is 1. The highest BCUT2D eigenvalue weighted by Crippen LogP contribution is 2.29. The number of rotatable bonds is 5. The van der Waals surface area contributed by atoms with Crippen LogP contribution in [0.2, 0.25) is 0 Å². The van der Waals surface area contributed by atoms with Gasteiger partial charge in [0.25, 0.3) is 0 Å². The molecule has 2 rings (SSSR count). The molecule has 7 nitrogen and oxygen atoms in total. The van der Waals surface area contributed by atoms with Gasteiger partial charge in [-0.05, 0) is 6.92 Å². The molecule has 1 aromatic heterocycles. The summed E-state index contributed by atoms with van der Waals surface area (Å²) < 4.78 is 32.2. The van der Waals surface area contributed by atoms with E-state index in [1.807, 2.05) is 6.92 Å². The summed E-state index contributed by atoms with van der Waals surface area (Å²) in [7, 11) is 0. The topological polar surface area (TPSA) is 90.2 Å². The first-order valence-electron chi connectivity index (χ1n) is 5.88. The average Bonchev–Trinajstić information content (AvgIpc) is 2.43. The van der Waals surface area contributed by atoms with Crippen LogP contribution >= 0.6 is 0 Å². The summed E-state index contributed by atoms with van der Waals surface area (Å²) in [4.78, 5) is 17.3. The Hall–Kier alpha value is -2.84. The Morgan fingerprint density at radius 3 is 2.76 bits per heavy atom. The molecule has 9 heteroatoms. The van der Waals surface area contributed by atoms with Crippen molar-refractivity contribution in [1.29, 1.82) is 0 Å². The van der Waals surface area contributed by atoms with Crippen molar-refractivity contribution in [1.82, 2.24) is 9.97 Å². The van der Waals surface area contributed by atoms with Crippen molar-refractivity contribution in [2.75, 3.05) is 11.9 Å². The molecule has 1 heterocycles. The molecule has 21 heavy (non-hydrogen) atoms. The van der Waals surface area contributed by atoms with Crippen molar-refractivity contribution in [3.8, 4) is 11.6 Å². The standard InChI is InChI=1S/C12H10F2N4O3/c1-2-16-11-5-15-6-12(17-11)21-10-4-7(13)9(18(19)20)3-8(10)14/h3-6H,2H2,1H3,(H,16,17). The predicted octanol–water partition coefficient (Wildman–Crippen LogP) is 2.89. The summed E-state index contributed by atoms with van der Waals surface area (Å²) in [6.45, 7) is 2.44. The minimum absolute atomic E-state index is 0.0689. The van der Waals surface area contributed by atoms with Gasteiger partial charge >= 0.3 is 5.69 Å². The number of hydrogen-bond acceptors (Lipinski definition) is 6. The molecule has 0 aliphatic carbocycles. The maximum Gasteiger partial charge on any atom is 0.307 e. The summed E-state index contributed by atoms with van der Waals surface area (Å²) in [6.07, 6.45) is 2.64. The van der Waals surface area contributed by atoms with Crippen molar-refractivity contribution < 1.29 is 18.4 Å². The molecule has 0 bridgehead atoms. The summed E-state index contributed by atoms with van der Waals surface area (Å²) in [5.74, 6) is -2.45. The van der Waals surface area contributed by atoms with E-state index in [0.717, 1.165) is 0 Å². The lowest BCUT2D eigenvalue weighted by Crippen LogP contribution is -2.01. The van der Waals surface area contributed by atoms with E-state index in [1.54, 1.807) is 0 Å². The van der Waals surface area contributed by atoms with Crippen molar-refractivity contribution in [2.24, 2.45) is 0 Å². The second-order valence-corrected chi connectivity index (χ2v) is 3.87. The fraction of sp³-hybridized carbons (Fsp3) is 0.167. The third-order valence-electron chi connectivity index (χ3n) is 2.38. The molecule has 1 aromatic carbocycles. The molecule has 1 N–H and O–H groups in total. The molecule has 0 saturated carbocycles. The fourth-order valence-corrected chi connectivity index (χ4v) is 1.51. The van der Waals surface area contributed by atoms with Gasteiger partial charge in [0.1, 0.15) is 5.82 Å². The molecular formula is C12H10F2N4O3. The second kappa shape index (κ2) is 6.07. The van der Waals surface area contributed by atoms with E-state index in [0.29, 0.717) is 24.5 Å². The van der Waals surface area contributed by atoms with Gasteiger partial charge in [0.15, 0.2) is 11.6 Å². The number of aromatic nitrogens is 2. The number of anilines is 1. The van der Waals surface area contributed by atoms with E-state index < -0.39 is 28.0 Å². The molecule has 2 aromatic rings. The van der Waals surface area contributed by atoms with Crippen LogP contribution in [0, 0.1) is 21.7 Å². The van der Waals surface area contributed by atoms with Crippen LogP contribution in [0.25, 0.3) is 0 Å². The lowest BCUT2D eigenvalue weighted by atomic mass is 10.3. The first-order valence-corrected chi connectivity index (χ1v) is 5.88. The van der Waals surface area contributed by atoms with Gasteiger partial charge in [-0.15, -0.1) is 0 Å². The maximum absolute atomic E-state index is 13.7. The Labute approximate surface area is 117 Å². The number of benzene rings is 1. The van der Waals surface area contributed by atoms with E-state index in [1.165, 1.54) is 12.4 Å². The van der Waals surface area contributed by atoms with Gasteiger partial charge in [-0.1, -0.05) is 0 Å². The van der Waals surface area contributed by atoms with Crippen LogP contribution in [0.15, 0.2) is 24.5 Å². The monoisotopic (exact) mass is 296 g/mol. The number of ether oxygens (including phenoxy) is 1. The van der Waals surface area contributed by atoms with E-state index >= 15 is 0 Å². The number of nitro benzene ring substituents is 1. The Bertz CT molecular complexity index is 682. The molecule has 0 amide bonds. The minimum Gasteiger partial charge on any atom is -0.434 e. The van der Waals surface area contributed by atoms with Crippen LogP contribution in [0.3, 0.4) is 0 Å². The van der Waals surface area contributed by atoms with Crippen LogP contribution in [0.5, 0.6) is 11.6 Å². The smallest absolute Gasteiger partial charge is 0.307 e. The first kappa shape index (κ1) is 14.6. The lowest BCUT2D eigenvalue weighted by molar-refractivity contribution is -0.387. The largest absolute Gasteiger partial charge is 0.434 e. The van der Waals surface area contributed by atoms with Gasteiger partial charge in [0.05, 0.1) is 23.4 Å². The van der Waals surface area contributed by atoms with E-state index in [9.17, 15) is 18.9 Å². The van der Waals surface area contributed by atoms with Crippen LogP contribution in [-0.4, -0.2) is 21.4 Å². The van der Waals surface area contributed by atoms with Gasteiger partial charge in [0, 0.05) is 12.6 Å². The highest BCUT2D eigenvalue weighted by Gasteiger charge is 2.20. The zero-order valence-electron chi connectivity index (χ0n) is 10.8.